The molecule has 204 valence electrons. The largest absolute Gasteiger partial charge is 0.388 e. The van der Waals surface area contributed by atoms with Gasteiger partial charge in [-0.05, 0) is 46.8 Å². The van der Waals surface area contributed by atoms with E-state index in [-0.39, 0.29) is 24.3 Å². The van der Waals surface area contributed by atoms with Crippen LogP contribution in [-0.4, -0.2) is 71.3 Å². The van der Waals surface area contributed by atoms with Crippen LogP contribution in [0.15, 0.2) is 21.1 Å². The van der Waals surface area contributed by atoms with E-state index in [1.807, 2.05) is 6.92 Å². The first kappa shape index (κ1) is 35.9. The molecule has 2 fully saturated rings. The Morgan fingerprint density at radius 1 is 0.972 bits per heavy atom. The van der Waals surface area contributed by atoms with Crippen molar-refractivity contribution in [3.05, 3.63) is 21.1 Å². The number of thioether (sulfide) groups is 2. The fourth-order valence-corrected chi connectivity index (χ4v) is 6.99. The molecule has 0 aromatic rings. The molecular formula is C24H36Br2N2O4S4. The molecule has 6 nitrogen and oxygen atoms in total. The molecule has 0 aliphatic carbocycles. The average molecular weight is 705 g/mol. The minimum atomic E-state index is -0.766. The van der Waals surface area contributed by atoms with Gasteiger partial charge in [0.05, 0.1) is 12.5 Å². The van der Waals surface area contributed by atoms with Crippen molar-refractivity contribution in [2.75, 3.05) is 11.5 Å². The normalized spacial score (nSPS) is 21.2. The lowest BCUT2D eigenvalue weighted by Gasteiger charge is -2.27. The van der Waals surface area contributed by atoms with Gasteiger partial charge in [0.2, 0.25) is 11.8 Å². The van der Waals surface area contributed by atoms with Crippen molar-refractivity contribution in [1.29, 1.82) is 0 Å². The van der Waals surface area contributed by atoms with Crippen molar-refractivity contribution in [3.8, 4) is 0 Å². The molecule has 12 heteroatoms. The van der Waals surface area contributed by atoms with E-state index in [4.69, 9.17) is 24.4 Å². The highest BCUT2D eigenvalue weighted by molar-refractivity contribution is 9.12. The Kier molecular flexibility index (Phi) is 18.2. The van der Waals surface area contributed by atoms with Gasteiger partial charge >= 0.3 is 0 Å². The molecule has 0 bridgehead atoms. The number of aliphatic hydroxyl groups is 1. The number of nitrogens with zero attached hydrogens (tertiary/aromatic N) is 2. The molecule has 0 unspecified atom stereocenters. The number of allylic oxidation sites excluding steroid dienone is 3. The van der Waals surface area contributed by atoms with Crippen LogP contribution in [0.1, 0.15) is 54.9 Å². The maximum Gasteiger partial charge on any atom is 0.231 e. The van der Waals surface area contributed by atoms with Crippen molar-refractivity contribution in [3.63, 3.8) is 0 Å². The molecule has 0 saturated carbocycles. The first-order valence-electron chi connectivity index (χ1n) is 11.4. The number of carbonyl (C=O) groups excluding carboxylic acids is 3. The number of thiocarbonyl (C=S) groups is 2. The summed E-state index contributed by atoms with van der Waals surface area (Å²) in [5.41, 5.74) is 0. The van der Waals surface area contributed by atoms with Gasteiger partial charge in [-0.15, -0.1) is 0 Å². The Labute approximate surface area is 251 Å². The van der Waals surface area contributed by atoms with Crippen LogP contribution < -0.4 is 0 Å². The fourth-order valence-electron chi connectivity index (χ4n) is 3.20. The molecule has 1 N–H and O–H groups in total. The smallest absolute Gasteiger partial charge is 0.231 e. The third-order valence-corrected chi connectivity index (χ3v) is 8.60. The van der Waals surface area contributed by atoms with Crippen molar-refractivity contribution < 1.29 is 19.5 Å². The van der Waals surface area contributed by atoms with E-state index in [9.17, 15) is 19.5 Å². The third-order valence-electron chi connectivity index (χ3n) is 5.06. The molecule has 0 aromatic carbocycles. The van der Waals surface area contributed by atoms with Crippen LogP contribution in [-0.2, 0) is 14.4 Å². The second-order valence-corrected chi connectivity index (χ2v) is 14.7. The minimum Gasteiger partial charge on any atom is -0.388 e. The van der Waals surface area contributed by atoms with Crippen LogP contribution in [0.2, 0.25) is 0 Å². The molecule has 2 saturated heterocycles. The molecule has 2 amide bonds. The summed E-state index contributed by atoms with van der Waals surface area (Å²) in [7, 11) is 0. The van der Waals surface area contributed by atoms with E-state index in [0.717, 1.165) is 31.1 Å². The zero-order valence-electron chi connectivity index (χ0n) is 21.7. The Bertz CT molecular complexity index is 857. The van der Waals surface area contributed by atoms with Crippen LogP contribution in [0.5, 0.6) is 0 Å². The summed E-state index contributed by atoms with van der Waals surface area (Å²) in [6.07, 6.45) is 3.11. The molecule has 0 radical (unpaired) electrons. The molecule has 2 aliphatic rings. The second-order valence-electron chi connectivity index (χ2n) is 8.84. The van der Waals surface area contributed by atoms with E-state index in [0.29, 0.717) is 22.2 Å². The van der Waals surface area contributed by atoms with Gasteiger partial charge in [0.25, 0.3) is 0 Å². The lowest BCUT2D eigenvalue weighted by Crippen LogP contribution is -2.42. The third kappa shape index (κ3) is 13.1. The number of hydrogen-bond donors (Lipinski definition) is 1. The zero-order valence-corrected chi connectivity index (χ0v) is 28.1. The van der Waals surface area contributed by atoms with Crippen LogP contribution >= 0.6 is 79.8 Å². The highest BCUT2D eigenvalue weighted by Gasteiger charge is 2.36. The summed E-state index contributed by atoms with van der Waals surface area (Å²) >= 11 is 19.8. The van der Waals surface area contributed by atoms with Gasteiger partial charge in [-0.1, -0.05) is 108 Å². The monoisotopic (exact) mass is 702 g/mol. The number of amides is 2. The molecule has 36 heavy (non-hydrogen) atoms. The highest BCUT2D eigenvalue weighted by atomic mass is 79.9. The van der Waals surface area contributed by atoms with E-state index in [1.165, 1.54) is 6.08 Å². The van der Waals surface area contributed by atoms with Gasteiger partial charge in [0, 0.05) is 30.5 Å². The van der Waals surface area contributed by atoms with Gasteiger partial charge in [0.15, 0.2) is 0 Å². The van der Waals surface area contributed by atoms with Gasteiger partial charge in [-0.2, -0.15) is 0 Å². The highest BCUT2D eigenvalue weighted by Crippen LogP contribution is 2.30. The number of carbonyl (C=O) groups is 3. The summed E-state index contributed by atoms with van der Waals surface area (Å²) in [6.45, 7) is 13.6. The van der Waals surface area contributed by atoms with Crippen LogP contribution in [0.4, 0.5) is 0 Å². The van der Waals surface area contributed by atoms with Crippen LogP contribution in [0, 0.1) is 11.8 Å². The Morgan fingerprint density at radius 2 is 1.42 bits per heavy atom. The Morgan fingerprint density at radius 3 is 1.72 bits per heavy atom. The Balaban J connectivity index is 0.000000583. The number of halogens is 2. The molecule has 2 rings (SSSR count). The van der Waals surface area contributed by atoms with E-state index < -0.39 is 6.10 Å². The first-order chi connectivity index (χ1) is 16.6. The number of hydrogen-bond acceptors (Lipinski definition) is 8. The summed E-state index contributed by atoms with van der Waals surface area (Å²) in [4.78, 5) is 36.3. The summed E-state index contributed by atoms with van der Waals surface area (Å²) in [5.74, 6) is 2.64. The number of aliphatic hydroxyl groups excluding tert-OH is 1. The quantitative estimate of drug-likeness (QED) is 0.196. The summed E-state index contributed by atoms with van der Waals surface area (Å²) in [6, 6.07) is 0.455. The van der Waals surface area contributed by atoms with E-state index in [2.05, 4.69) is 59.6 Å². The van der Waals surface area contributed by atoms with Gasteiger partial charge < -0.3 is 5.11 Å². The van der Waals surface area contributed by atoms with Gasteiger partial charge in [-0.25, -0.2) is 0 Å². The van der Waals surface area contributed by atoms with Crippen molar-refractivity contribution >= 4 is 107 Å². The summed E-state index contributed by atoms with van der Waals surface area (Å²) in [5, 5.41) is 9.76. The molecule has 0 spiro atoms. The number of aldehydes is 1. The van der Waals surface area contributed by atoms with Crippen molar-refractivity contribution in [2.45, 2.75) is 73.1 Å². The molecule has 2 aliphatic heterocycles. The van der Waals surface area contributed by atoms with Crippen molar-refractivity contribution in [2.24, 2.45) is 11.8 Å². The van der Waals surface area contributed by atoms with E-state index >= 15 is 0 Å². The molecule has 0 aromatic heterocycles. The fraction of sp³-hybridized carbons (Fsp3) is 0.625. The second kappa shape index (κ2) is 18.2. The lowest BCUT2D eigenvalue weighted by atomic mass is 10.0. The molecule has 2 heterocycles. The van der Waals surface area contributed by atoms with Crippen LogP contribution in [0.3, 0.4) is 0 Å². The maximum atomic E-state index is 12.2. The van der Waals surface area contributed by atoms with Crippen LogP contribution in [0.25, 0.3) is 0 Å². The SMILES string of the molecule is C/C(Br)=C\C=O.C/C(Br)=C\[C@@H](O)CC(=O)N1C(=S)SC[C@H]1C(C)C.CC(=O)N1C(=S)SC[C@H]1C(C)C. The number of rotatable bonds is 6. The lowest BCUT2D eigenvalue weighted by molar-refractivity contribution is -0.130. The topological polar surface area (TPSA) is 77.9 Å². The first-order valence-corrected chi connectivity index (χ1v) is 15.8. The average Bonchev–Trinajstić information content (AvgIpc) is 3.31. The standard InChI is InChI=1S/C12H18BrNO2S2.C8H13NOS2.C4H5BrO/c1-7(2)10-6-18-12(17)14(10)11(16)5-9(15)4-8(3)13;1-5(2)7-4-12-8(11)9(7)6(3)10;1-4(5)2-3-6/h4,7,9-10,15H,5-6H2,1-3H3;5,7H,4H2,1-3H3;2-3H,1H3/b8-4+;;4-2+/t9-,10+;7-;/m10./s1. The maximum absolute atomic E-state index is 12.2. The minimum absolute atomic E-state index is 0.0729. The van der Waals surface area contributed by atoms with Gasteiger partial charge in [0.1, 0.15) is 14.9 Å². The van der Waals surface area contributed by atoms with Gasteiger partial charge in [-0.3, -0.25) is 24.2 Å². The van der Waals surface area contributed by atoms with E-state index in [1.54, 1.807) is 53.2 Å². The van der Waals surface area contributed by atoms with Crippen molar-refractivity contribution in [1.82, 2.24) is 9.80 Å². The Hall–Kier alpha value is -0.110. The predicted molar refractivity (Wildman–Crippen MR) is 169 cm³/mol. The molecule has 3 atom stereocenters. The molecular weight excluding hydrogens is 668 g/mol. The summed E-state index contributed by atoms with van der Waals surface area (Å²) < 4.78 is 3.05. The zero-order chi connectivity index (χ0) is 28.2. The predicted octanol–water partition coefficient (Wildman–Crippen LogP) is 6.30.